The van der Waals surface area contributed by atoms with Crippen LogP contribution < -0.4 is 14.4 Å². The molecule has 0 spiro atoms. The minimum absolute atomic E-state index is 0.131. The van der Waals surface area contributed by atoms with Gasteiger partial charge in [0, 0.05) is 18.1 Å². The molecule has 1 aromatic carbocycles. The number of carbonyl (C=O) groups is 1. The molecule has 0 saturated carbocycles. The summed E-state index contributed by atoms with van der Waals surface area (Å²) in [5.74, 6) is -1.17. The molecular formula is C19H18ClF3N2O4. The molecule has 1 aliphatic heterocycles. The van der Waals surface area contributed by atoms with E-state index in [-0.39, 0.29) is 11.4 Å². The smallest absolute Gasteiger partial charge is 0.330 e. The Morgan fingerprint density at radius 1 is 1.31 bits per heavy atom. The molecule has 2 heterocycles. The molecule has 10 heteroatoms. The number of hydrogen-bond donors (Lipinski definition) is 0. The van der Waals surface area contributed by atoms with Crippen LogP contribution in [0.4, 0.5) is 19.0 Å². The number of ether oxygens (including phenoxy) is 3. The van der Waals surface area contributed by atoms with Crippen LogP contribution in [0, 0.1) is 5.82 Å². The van der Waals surface area contributed by atoms with E-state index in [0.717, 1.165) is 12.3 Å². The van der Waals surface area contributed by atoms with Crippen LogP contribution >= 0.6 is 11.6 Å². The summed E-state index contributed by atoms with van der Waals surface area (Å²) < 4.78 is 57.0. The van der Waals surface area contributed by atoms with E-state index in [1.165, 1.54) is 14.2 Å². The van der Waals surface area contributed by atoms with Crippen LogP contribution in [0.1, 0.15) is 18.9 Å². The summed E-state index contributed by atoms with van der Waals surface area (Å²) in [6, 6.07) is 4.36. The van der Waals surface area contributed by atoms with Gasteiger partial charge >= 0.3 is 12.5 Å². The summed E-state index contributed by atoms with van der Waals surface area (Å²) in [6.45, 7) is -1.53. The number of benzene rings is 1. The number of pyridine rings is 1. The fraction of sp³-hybridized carbons (Fsp3) is 0.368. The lowest BCUT2D eigenvalue weighted by Gasteiger charge is -2.28. The van der Waals surface area contributed by atoms with Gasteiger partial charge in [-0.05, 0) is 25.1 Å². The molecule has 2 aromatic rings. The van der Waals surface area contributed by atoms with E-state index in [1.807, 2.05) is 0 Å². The monoisotopic (exact) mass is 430 g/mol. The zero-order valence-electron chi connectivity index (χ0n) is 15.8. The standard InChI is InChI=1S/C19H18ClF3N2O4/c1-19(12-5-4-11(27-2)7-15(12)28-3)8-14(17(26)29-19)25(18(22)23)16-13(20)6-10(21)9-24-16/h4-7,9,14,18H,8H2,1-3H3. The minimum Gasteiger partial charge on any atom is -0.497 e. The molecule has 0 bridgehead atoms. The summed E-state index contributed by atoms with van der Waals surface area (Å²) in [5.41, 5.74) is -0.761. The van der Waals surface area contributed by atoms with E-state index in [4.69, 9.17) is 25.8 Å². The van der Waals surface area contributed by atoms with E-state index in [9.17, 15) is 18.0 Å². The molecule has 0 N–H and O–H groups in total. The van der Waals surface area contributed by atoms with Gasteiger partial charge in [0.05, 0.1) is 25.4 Å². The van der Waals surface area contributed by atoms with Crippen LogP contribution in [0.5, 0.6) is 11.5 Å². The topological polar surface area (TPSA) is 60.9 Å². The van der Waals surface area contributed by atoms with Gasteiger partial charge < -0.3 is 14.2 Å². The summed E-state index contributed by atoms with van der Waals surface area (Å²) in [7, 11) is 2.92. The van der Waals surface area contributed by atoms with E-state index < -0.39 is 35.8 Å². The van der Waals surface area contributed by atoms with Crippen molar-refractivity contribution < 1.29 is 32.2 Å². The third kappa shape index (κ3) is 3.91. The number of halogens is 4. The predicted molar refractivity (Wildman–Crippen MR) is 99.1 cm³/mol. The highest BCUT2D eigenvalue weighted by molar-refractivity contribution is 6.33. The maximum absolute atomic E-state index is 13.9. The fourth-order valence-electron chi connectivity index (χ4n) is 3.37. The lowest BCUT2D eigenvalue weighted by molar-refractivity contribution is -0.149. The second kappa shape index (κ2) is 7.98. The number of esters is 1. The van der Waals surface area contributed by atoms with E-state index >= 15 is 0 Å². The van der Waals surface area contributed by atoms with Gasteiger partial charge in [-0.3, -0.25) is 4.90 Å². The van der Waals surface area contributed by atoms with Crippen LogP contribution in [0.15, 0.2) is 30.5 Å². The quantitative estimate of drug-likeness (QED) is 0.507. The molecule has 156 valence electrons. The van der Waals surface area contributed by atoms with Crippen molar-refractivity contribution in [2.24, 2.45) is 0 Å². The molecular weight excluding hydrogens is 413 g/mol. The van der Waals surface area contributed by atoms with Gasteiger partial charge in [-0.2, -0.15) is 8.78 Å². The average molecular weight is 431 g/mol. The van der Waals surface area contributed by atoms with E-state index in [0.29, 0.717) is 22.0 Å². The number of carbonyl (C=O) groups excluding carboxylic acids is 1. The Morgan fingerprint density at radius 2 is 2.03 bits per heavy atom. The van der Waals surface area contributed by atoms with Crippen molar-refractivity contribution in [3.63, 3.8) is 0 Å². The van der Waals surface area contributed by atoms with Gasteiger partial charge in [0.25, 0.3) is 0 Å². The number of rotatable bonds is 6. The lowest BCUT2D eigenvalue weighted by atomic mass is 9.90. The maximum atomic E-state index is 13.9. The summed E-state index contributed by atoms with van der Waals surface area (Å²) in [6.07, 6.45) is 0.622. The molecule has 3 rings (SSSR count). The Labute approximate surface area is 170 Å². The first-order valence-corrected chi connectivity index (χ1v) is 8.91. The molecule has 0 aliphatic carbocycles. The Hall–Kier alpha value is -2.68. The SMILES string of the molecule is COc1ccc(C2(C)CC(N(c3ncc(F)cc3Cl)C(F)F)C(=O)O2)c(OC)c1. The first kappa shape index (κ1) is 21.0. The number of alkyl halides is 2. The Kier molecular flexibility index (Phi) is 5.79. The van der Waals surface area contributed by atoms with Crippen molar-refractivity contribution in [3.05, 3.63) is 46.9 Å². The van der Waals surface area contributed by atoms with Gasteiger partial charge in [-0.25, -0.2) is 14.2 Å². The Morgan fingerprint density at radius 3 is 2.62 bits per heavy atom. The Bertz CT molecular complexity index is 930. The second-order valence-electron chi connectivity index (χ2n) is 6.58. The van der Waals surface area contributed by atoms with Gasteiger partial charge in [-0.15, -0.1) is 0 Å². The minimum atomic E-state index is -3.12. The second-order valence-corrected chi connectivity index (χ2v) is 6.99. The van der Waals surface area contributed by atoms with Crippen molar-refractivity contribution in [2.45, 2.75) is 31.5 Å². The molecule has 1 saturated heterocycles. The number of nitrogens with zero attached hydrogens (tertiary/aromatic N) is 2. The van der Waals surface area contributed by atoms with Crippen LogP contribution in [0.25, 0.3) is 0 Å². The molecule has 1 aromatic heterocycles. The van der Waals surface area contributed by atoms with Gasteiger partial charge in [0.1, 0.15) is 29.0 Å². The summed E-state index contributed by atoms with van der Waals surface area (Å²) in [4.78, 5) is 16.7. The molecule has 0 radical (unpaired) electrons. The highest BCUT2D eigenvalue weighted by Gasteiger charge is 2.51. The van der Waals surface area contributed by atoms with Gasteiger partial charge in [0.15, 0.2) is 5.82 Å². The van der Waals surface area contributed by atoms with E-state index in [1.54, 1.807) is 25.1 Å². The average Bonchev–Trinajstić information content (AvgIpc) is 2.98. The van der Waals surface area contributed by atoms with Crippen molar-refractivity contribution in [1.82, 2.24) is 4.98 Å². The predicted octanol–water partition coefficient (Wildman–Crippen LogP) is 4.15. The zero-order valence-corrected chi connectivity index (χ0v) is 16.5. The largest absolute Gasteiger partial charge is 0.497 e. The first-order chi connectivity index (χ1) is 13.7. The number of anilines is 1. The van der Waals surface area contributed by atoms with Crippen LogP contribution in [0.2, 0.25) is 5.02 Å². The molecule has 2 atom stereocenters. The molecule has 29 heavy (non-hydrogen) atoms. The van der Waals surface area contributed by atoms with Crippen LogP contribution in [-0.2, 0) is 15.1 Å². The van der Waals surface area contributed by atoms with Gasteiger partial charge in [0.2, 0.25) is 0 Å². The number of methoxy groups -OCH3 is 2. The number of hydrogen-bond acceptors (Lipinski definition) is 6. The van der Waals surface area contributed by atoms with Gasteiger partial charge in [-0.1, -0.05) is 11.6 Å². The Balaban J connectivity index is 1.99. The first-order valence-electron chi connectivity index (χ1n) is 8.53. The van der Waals surface area contributed by atoms with Crippen LogP contribution in [0.3, 0.4) is 0 Å². The molecule has 1 aliphatic rings. The maximum Gasteiger partial charge on any atom is 0.330 e. The summed E-state index contributed by atoms with van der Waals surface area (Å²) in [5, 5.41) is -0.339. The number of aromatic nitrogens is 1. The van der Waals surface area contributed by atoms with Crippen molar-refractivity contribution >= 4 is 23.4 Å². The third-order valence-electron chi connectivity index (χ3n) is 4.74. The van der Waals surface area contributed by atoms with Crippen molar-refractivity contribution in [3.8, 4) is 11.5 Å². The highest BCUT2D eigenvalue weighted by atomic mass is 35.5. The summed E-state index contributed by atoms with van der Waals surface area (Å²) >= 11 is 5.90. The third-order valence-corrected chi connectivity index (χ3v) is 5.02. The molecule has 2 unspecified atom stereocenters. The van der Waals surface area contributed by atoms with Crippen molar-refractivity contribution in [1.29, 1.82) is 0 Å². The highest BCUT2D eigenvalue weighted by Crippen LogP contribution is 2.45. The van der Waals surface area contributed by atoms with E-state index in [2.05, 4.69) is 4.98 Å². The zero-order chi connectivity index (χ0) is 21.3. The normalized spacial score (nSPS) is 21.2. The number of cyclic esters (lactones) is 1. The van der Waals surface area contributed by atoms with Crippen LogP contribution in [-0.4, -0.2) is 37.8 Å². The molecule has 1 fully saturated rings. The fourth-order valence-corrected chi connectivity index (χ4v) is 3.62. The lowest BCUT2D eigenvalue weighted by Crippen LogP contribution is -2.43. The molecule has 6 nitrogen and oxygen atoms in total. The molecule has 0 amide bonds. The van der Waals surface area contributed by atoms with Crippen molar-refractivity contribution in [2.75, 3.05) is 19.1 Å².